The summed E-state index contributed by atoms with van der Waals surface area (Å²) in [6, 6.07) is -0.326. The van der Waals surface area contributed by atoms with Crippen molar-refractivity contribution in [2.45, 2.75) is 26.8 Å². The number of hydrogen-bond acceptors (Lipinski definition) is 5. The number of urea groups is 1. The second-order valence-electron chi connectivity index (χ2n) is 4.07. The molecule has 0 spiro atoms. The molecule has 2 amide bonds. The fourth-order valence-electron chi connectivity index (χ4n) is 1.67. The molecule has 0 saturated heterocycles. The summed E-state index contributed by atoms with van der Waals surface area (Å²) in [6.07, 6.45) is 2.22. The molecule has 19 heavy (non-hydrogen) atoms. The highest BCUT2D eigenvalue weighted by Crippen LogP contribution is 2.13. The minimum atomic E-state index is -0.326. The van der Waals surface area contributed by atoms with Crippen LogP contribution in [0.5, 0.6) is 0 Å². The van der Waals surface area contributed by atoms with Crippen molar-refractivity contribution in [3.05, 3.63) is 23.2 Å². The number of carbonyl (C=O) groups excluding carboxylic acids is 1. The summed E-state index contributed by atoms with van der Waals surface area (Å²) in [4.78, 5) is 11.7. The fraction of sp³-hybridized carbons (Fsp3) is 0.455. The van der Waals surface area contributed by atoms with Crippen molar-refractivity contribution >= 4 is 11.8 Å². The van der Waals surface area contributed by atoms with Gasteiger partial charge in [-0.2, -0.15) is 0 Å². The number of nitrogens with zero attached hydrogens (tertiary/aromatic N) is 4. The van der Waals surface area contributed by atoms with Crippen LogP contribution in [0.2, 0.25) is 0 Å². The molecule has 2 aromatic rings. The summed E-state index contributed by atoms with van der Waals surface area (Å²) < 4.78 is 6.63. The number of aryl methyl sites for hydroxylation is 3. The van der Waals surface area contributed by atoms with E-state index in [-0.39, 0.29) is 6.03 Å². The van der Waals surface area contributed by atoms with E-state index in [1.54, 1.807) is 7.05 Å². The van der Waals surface area contributed by atoms with Crippen LogP contribution >= 0.6 is 0 Å². The van der Waals surface area contributed by atoms with Crippen molar-refractivity contribution in [3.8, 4) is 0 Å². The standard InChI is InChI=1S/C11H16N6O2/c1-4-9-8(7(2)15-19-9)5-12-11(18)14-10-6-13-16-17(10)3/h6H,4-5H2,1-3H3,(H2,12,14,18). The van der Waals surface area contributed by atoms with E-state index in [1.807, 2.05) is 13.8 Å². The monoisotopic (exact) mass is 264 g/mol. The quantitative estimate of drug-likeness (QED) is 0.858. The average Bonchev–Trinajstić information content (AvgIpc) is 2.94. The molecule has 0 bridgehead atoms. The number of anilines is 1. The van der Waals surface area contributed by atoms with Crippen LogP contribution in [-0.2, 0) is 20.0 Å². The van der Waals surface area contributed by atoms with Crippen LogP contribution in [0.3, 0.4) is 0 Å². The van der Waals surface area contributed by atoms with Crippen LogP contribution in [0.15, 0.2) is 10.7 Å². The van der Waals surface area contributed by atoms with E-state index < -0.39 is 0 Å². The molecule has 0 atom stereocenters. The van der Waals surface area contributed by atoms with E-state index in [4.69, 9.17) is 4.52 Å². The van der Waals surface area contributed by atoms with E-state index in [1.165, 1.54) is 10.9 Å². The molecular weight excluding hydrogens is 248 g/mol. The van der Waals surface area contributed by atoms with Crippen molar-refractivity contribution in [2.75, 3.05) is 5.32 Å². The predicted octanol–water partition coefficient (Wildman–Crippen LogP) is 0.996. The highest BCUT2D eigenvalue weighted by Gasteiger charge is 2.12. The summed E-state index contributed by atoms with van der Waals surface area (Å²) in [5, 5.41) is 16.7. The Labute approximate surface area is 110 Å². The van der Waals surface area contributed by atoms with Crippen LogP contribution < -0.4 is 10.6 Å². The predicted molar refractivity (Wildman–Crippen MR) is 67.5 cm³/mol. The van der Waals surface area contributed by atoms with Gasteiger partial charge in [0.05, 0.1) is 11.9 Å². The molecule has 2 aromatic heterocycles. The molecule has 2 heterocycles. The van der Waals surface area contributed by atoms with Gasteiger partial charge in [-0.05, 0) is 6.92 Å². The molecule has 8 heteroatoms. The average molecular weight is 264 g/mol. The lowest BCUT2D eigenvalue weighted by Gasteiger charge is -2.07. The molecule has 0 fully saturated rings. The molecule has 0 saturated carbocycles. The largest absolute Gasteiger partial charge is 0.361 e. The van der Waals surface area contributed by atoms with Gasteiger partial charge in [-0.3, -0.25) is 5.32 Å². The topological polar surface area (TPSA) is 97.9 Å². The van der Waals surface area contributed by atoms with Gasteiger partial charge < -0.3 is 9.84 Å². The lowest BCUT2D eigenvalue weighted by atomic mass is 10.1. The maximum atomic E-state index is 11.7. The van der Waals surface area contributed by atoms with Gasteiger partial charge in [-0.25, -0.2) is 9.48 Å². The smallest absolute Gasteiger partial charge is 0.320 e. The number of hydrogen-bond donors (Lipinski definition) is 2. The van der Waals surface area contributed by atoms with Crippen LogP contribution in [0.4, 0.5) is 10.6 Å². The summed E-state index contributed by atoms with van der Waals surface area (Å²) >= 11 is 0. The SMILES string of the molecule is CCc1onc(C)c1CNC(=O)Nc1cnnn1C. The molecule has 2 rings (SSSR count). The Morgan fingerprint density at radius 2 is 2.32 bits per heavy atom. The number of carbonyl (C=O) groups is 1. The zero-order valence-corrected chi connectivity index (χ0v) is 11.1. The minimum Gasteiger partial charge on any atom is -0.361 e. The van der Waals surface area contributed by atoms with Crippen LogP contribution in [0, 0.1) is 6.92 Å². The third-order valence-electron chi connectivity index (χ3n) is 2.77. The Bertz CT molecular complexity index is 574. The normalized spacial score (nSPS) is 10.5. The zero-order valence-electron chi connectivity index (χ0n) is 11.1. The third kappa shape index (κ3) is 2.90. The molecule has 102 valence electrons. The minimum absolute atomic E-state index is 0.326. The van der Waals surface area contributed by atoms with Gasteiger partial charge in [0, 0.05) is 25.6 Å². The van der Waals surface area contributed by atoms with Gasteiger partial charge in [0.15, 0.2) is 5.82 Å². The molecule has 2 N–H and O–H groups in total. The first-order chi connectivity index (χ1) is 9.11. The summed E-state index contributed by atoms with van der Waals surface area (Å²) in [6.45, 7) is 4.20. The molecular formula is C11H16N6O2. The van der Waals surface area contributed by atoms with E-state index in [0.29, 0.717) is 12.4 Å². The first-order valence-electron chi connectivity index (χ1n) is 5.95. The number of amides is 2. The molecule has 8 nitrogen and oxygen atoms in total. The van der Waals surface area contributed by atoms with Gasteiger partial charge in [0.25, 0.3) is 0 Å². The second-order valence-corrected chi connectivity index (χ2v) is 4.07. The van der Waals surface area contributed by atoms with Gasteiger partial charge in [-0.15, -0.1) is 5.10 Å². The zero-order chi connectivity index (χ0) is 13.8. The van der Waals surface area contributed by atoms with Gasteiger partial charge in [0.1, 0.15) is 5.76 Å². The van der Waals surface area contributed by atoms with Crippen molar-refractivity contribution in [2.24, 2.45) is 7.05 Å². The Morgan fingerprint density at radius 3 is 2.95 bits per heavy atom. The molecule has 0 aliphatic carbocycles. The van der Waals surface area contributed by atoms with Crippen molar-refractivity contribution in [1.29, 1.82) is 0 Å². The molecule has 0 aliphatic rings. The van der Waals surface area contributed by atoms with Crippen molar-refractivity contribution in [3.63, 3.8) is 0 Å². The molecule has 0 aromatic carbocycles. The van der Waals surface area contributed by atoms with Crippen molar-refractivity contribution < 1.29 is 9.32 Å². The number of nitrogens with one attached hydrogen (secondary N) is 2. The van der Waals surface area contributed by atoms with E-state index >= 15 is 0 Å². The van der Waals surface area contributed by atoms with Crippen LogP contribution in [0.25, 0.3) is 0 Å². The first kappa shape index (κ1) is 13.1. The van der Waals surface area contributed by atoms with E-state index in [0.717, 1.165) is 23.4 Å². The number of rotatable bonds is 4. The van der Waals surface area contributed by atoms with Gasteiger partial charge in [0.2, 0.25) is 0 Å². The molecule has 0 aliphatic heterocycles. The lowest BCUT2D eigenvalue weighted by molar-refractivity contribution is 0.251. The Hall–Kier alpha value is -2.38. The highest BCUT2D eigenvalue weighted by atomic mass is 16.5. The highest BCUT2D eigenvalue weighted by molar-refractivity contribution is 5.88. The second kappa shape index (κ2) is 5.51. The van der Waals surface area contributed by atoms with Crippen LogP contribution in [0.1, 0.15) is 23.9 Å². The van der Waals surface area contributed by atoms with E-state index in [9.17, 15) is 4.79 Å². The Balaban J connectivity index is 1.93. The van der Waals surface area contributed by atoms with Crippen molar-refractivity contribution in [1.82, 2.24) is 25.5 Å². The molecule has 0 unspecified atom stereocenters. The lowest BCUT2D eigenvalue weighted by Crippen LogP contribution is -2.29. The number of aromatic nitrogens is 4. The maximum absolute atomic E-state index is 11.7. The van der Waals surface area contributed by atoms with Gasteiger partial charge in [-0.1, -0.05) is 17.3 Å². The van der Waals surface area contributed by atoms with Gasteiger partial charge >= 0.3 is 6.03 Å². The maximum Gasteiger partial charge on any atom is 0.320 e. The van der Waals surface area contributed by atoms with E-state index in [2.05, 4.69) is 26.1 Å². The summed E-state index contributed by atoms with van der Waals surface area (Å²) in [5.41, 5.74) is 1.71. The Morgan fingerprint density at radius 1 is 1.53 bits per heavy atom. The Kier molecular flexibility index (Phi) is 3.79. The fourth-order valence-corrected chi connectivity index (χ4v) is 1.67. The first-order valence-corrected chi connectivity index (χ1v) is 5.95. The summed E-state index contributed by atoms with van der Waals surface area (Å²) in [5.74, 6) is 1.32. The van der Waals surface area contributed by atoms with Crippen LogP contribution in [-0.4, -0.2) is 26.2 Å². The summed E-state index contributed by atoms with van der Waals surface area (Å²) in [7, 11) is 1.70. The molecule has 0 radical (unpaired) electrons. The third-order valence-corrected chi connectivity index (χ3v) is 2.77.